The molecule has 0 aromatic carbocycles. The van der Waals surface area contributed by atoms with Gasteiger partial charge in [-0.25, -0.2) is 0 Å². The quantitative estimate of drug-likeness (QED) is 0.904. The van der Waals surface area contributed by atoms with Gasteiger partial charge in [0.2, 0.25) is 0 Å². The fourth-order valence-corrected chi connectivity index (χ4v) is 3.85. The first-order valence-electron chi connectivity index (χ1n) is 7.62. The van der Waals surface area contributed by atoms with E-state index in [-0.39, 0.29) is 0 Å². The Balaban J connectivity index is 1.62. The summed E-state index contributed by atoms with van der Waals surface area (Å²) in [7, 11) is 2.32. The summed E-state index contributed by atoms with van der Waals surface area (Å²) in [4.78, 5) is 6.72. The second-order valence-corrected chi connectivity index (χ2v) is 6.24. The SMILES string of the molecule is CC(NC1CC2CCCC(C1)N2C)c1ccncc1. The summed E-state index contributed by atoms with van der Waals surface area (Å²) in [6.45, 7) is 2.27. The molecule has 3 heteroatoms. The minimum Gasteiger partial charge on any atom is -0.307 e. The van der Waals surface area contributed by atoms with Crippen LogP contribution in [0, 0.1) is 0 Å². The normalized spacial score (nSPS) is 33.1. The highest BCUT2D eigenvalue weighted by atomic mass is 15.2. The van der Waals surface area contributed by atoms with Gasteiger partial charge in [0, 0.05) is 36.6 Å². The lowest BCUT2D eigenvalue weighted by Crippen LogP contribution is -2.54. The number of nitrogens with zero attached hydrogens (tertiary/aromatic N) is 2. The average molecular weight is 259 g/mol. The van der Waals surface area contributed by atoms with Gasteiger partial charge in [0.1, 0.15) is 0 Å². The smallest absolute Gasteiger partial charge is 0.0295 e. The van der Waals surface area contributed by atoms with Gasteiger partial charge in [0.25, 0.3) is 0 Å². The highest BCUT2D eigenvalue weighted by Crippen LogP contribution is 2.33. The summed E-state index contributed by atoms with van der Waals surface area (Å²) in [5.74, 6) is 0. The van der Waals surface area contributed by atoms with Gasteiger partial charge in [-0.1, -0.05) is 6.42 Å². The minimum atomic E-state index is 0.428. The van der Waals surface area contributed by atoms with Crippen LogP contribution in [0.25, 0.3) is 0 Å². The molecular formula is C16H25N3. The molecule has 3 heterocycles. The maximum Gasteiger partial charge on any atom is 0.0295 e. The first-order valence-corrected chi connectivity index (χ1v) is 7.62. The van der Waals surface area contributed by atoms with Crippen molar-refractivity contribution in [1.82, 2.24) is 15.2 Å². The van der Waals surface area contributed by atoms with Crippen LogP contribution < -0.4 is 5.32 Å². The van der Waals surface area contributed by atoms with Gasteiger partial charge >= 0.3 is 0 Å². The Hall–Kier alpha value is -0.930. The lowest BCUT2D eigenvalue weighted by molar-refractivity contribution is 0.0463. The highest BCUT2D eigenvalue weighted by Gasteiger charge is 2.36. The Kier molecular flexibility index (Phi) is 3.85. The molecule has 1 aromatic rings. The first kappa shape index (κ1) is 13.1. The minimum absolute atomic E-state index is 0.428. The number of piperidine rings is 2. The molecule has 0 spiro atoms. The van der Waals surface area contributed by atoms with E-state index in [2.05, 4.69) is 41.3 Å². The van der Waals surface area contributed by atoms with Gasteiger partial charge in [0.05, 0.1) is 0 Å². The molecule has 2 fully saturated rings. The second-order valence-electron chi connectivity index (χ2n) is 6.24. The number of nitrogens with one attached hydrogen (secondary N) is 1. The van der Waals surface area contributed by atoms with Crippen molar-refractivity contribution < 1.29 is 0 Å². The van der Waals surface area contributed by atoms with Crippen molar-refractivity contribution in [3.05, 3.63) is 30.1 Å². The number of hydrogen-bond acceptors (Lipinski definition) is 3. The number of hydrogen-bond donors (Lipinski definition) is 1. The van der Waals surface area contributed by atoms with Gasteiger partial charge in [-0.15, -0.1) is 0 Å². The third-order valence-corrected chi connectivity index (χ3v) is 5.03. The van der Waals surface area contributed by atoms with E-state index in [0.29, 0.717) is 12.1 Å². The average Bonchev–Trinajstić information content (AvgIpc) is 2.41. The molecule has 2 aliphatic rings. The van der Waals surface area contributed by atoms with Crippen LogP contribution in [-0.2, 0) is 0 Å². The van der Waals surface area contributed by atoms with Crippen molar-refractivity contribution >= 4 is 0 Å². The van der Waals surface area contributed by atoms with E-state index in [1.807, 2.05) is 12.4 Å². The summed E-state index contributed by atoms with van der Waals surface area (Å²) in [5.41, 5.74) is 1.35. The zero-order valence-corrected chi connectivity index (χ0v) is 12.0. The predicted octanol–water partition coefficient (Wildman–Crippen LogP) is 2.75. The van der Waals surface area contributed by atoms with Crippen LogP contribution in [-0.4, -0.2) is 35.1 Å². The number of fused-ring (bicyclic) bond motifs is 2. The molecule has 3 unspecified atom stereocenters. The molecule has 104 valence electrons. The number of aromatic nitrogens is 1. The number of rotatable bonds is 3. The molecule has 0 saturated carbocycles. The van der Waals surface area contributed by atoms with Gasteiger partial charge < -0.3 is 10.2 Å². The van der Waals surface area contributed by atoms with Crippen LogP contribution in [0.4, 0.5) is 0 Å². The van der Waals surface area contributed by atoms with Crippen LogP contribution in [0.2, 0.25) is 0 Å². The molecule has 19 heavy (non-hydrogen) atoms. The summed E-state index contributed by atoms with van der Waals surface area (Å²) >= 11 is 0. The van der Waals surface area contributed by atoms with Gasteiger partial charge in [-0.2, -0.15) is 0 Å². The lowest BCUT2D eigenvalue weighted by Gasteiger charge is -2.47. The van der Waals surface area contributed by atoms with Crippen LogP contribution in [0.5, 0.6) is 0 Å². The lowest BCUT2D eigenvalue weighted by atomic mass is 9.82. The third kappa shape index (κ3) is 2.82. The van der Waals surface area contributed by atoms with E-state index in [0.717, 1.165) is 12.1 Å². The molecule has 0 aliphatic carbocycles. The Labute approximate surface area is 116 Å². The molecule has 2 bridgehead atoms. The highest BCUT2D eigenvalue weighted by molar-refractivity contribution is 5.14. The molecule has 3 rings (SSSR count). The van der Waals surface area contributed by atoms with E-state index in [9.17, 15) is 0 Å². The molecule has 0 radical (unpaired) electrons. The molecule has 3 nitrogen and oxygen atoms in total. The van der Waals surface area contributed by atoms with Crippen molar-refractivity contribution in [2.45, 2.75) is 63.2 Å². The van der Waals surface area contributed by atoms with Crippen molar-refractivity contribution in [1.29, 1.82) is 0 Å². The van der Waals surface area contributed by atoms with E-state index >= 15 is 0 Å². The maximum absolute atomic E-state index is 4.10. The van der Waals surface area contributed by atoms with Gasteiger partial charge in [0.15, 0.2) is 0 Å². The summed E-state index contributed by atoms with van der Waals surface area (Å²) in [5, 5.41) is 3.83. The van der Waals surface area contributed by atoms with E-state index < -0.39 is 0 Å². The summed E-state index contributed by atoms with van der Waals surface area (Å²) in [6, 6.07) is 6.94. The third-order valence-electron chi connectivity index (χ3n) is 5.03. The Morgan fingerprint density at radius 2 is 1.84 bits per heavy atom. The van der Waals surface area contributed by atoms with Crippen molar-refractivity contribution in [3.63, 3.8) is 0 Å². The van der Waals surface area contributed by atoms with Crippen LogP contribution in [0.1, 0.15) is 50.6 Å². The molecule has 1 aromatic heterocycles. The zero-order chi connectivity index (χ0) is 13.2. The van der Waals surface area contributed by atoms with Crippen molar-refractivity contribution in [3.8, 4) is 0 Å². The van der Waals surface area contributed by atoms with Crippen LogP contribution in [0.3, 0.4) is 0 Å². The summed E-state index contributed by atoms with van der Waals surface area (Å²) < 4.78 is 0. The molecule has 0 amide bonds. The Morgan fingerprint density at radius 1 is 1.21 bits per heavy atom. The van der Waals surface area contributed by atoms with Crippen LogP contribution in [0.15, 0.2) is 24.5 Å². The van der Waals surface area contributed by atoms with E-state index in [4.69, 9.17) is 0 Å². The fourth-order valence-electron chi connectivity index (χ4n) is 3.85. The van der Waals surface area contributed by atoms with Gasteiger partial charge in [-0.05, 0) is 57.4 Å². The molecule has 2 aliphatic heterocycles. The fraction of sp³-hybridized carbons (Fsp3) is 0.688. The predicted molar refractivity (Wildman–Crippen MR) is 78.0 cm³/mol. The molecule has 2 saturated heterocycles. The summed E-state index contributed by atoms with van der Waals surface area (Å²) in [6.07, 6.45) is 10.6. The van der Waals surface area contributed by atoms with Crippen LogP contribution >= 0.6 is 0 Å². The molecular weight excluding hydrogens is 234 g/mol. The zero-order valence-electron chi connectivity index (χ0n) is 12.0. The van der Waals surface area contributed by atoms with Crippen molar-refractivity contribution in [2.75, 3.05) is 7.05 Å². The monoisotopic (exact) mass is 259 g/mol. The standard InChI is InChI=1S/C16H25N3/c1-12(13-6-8-17-9-7-13)18-14-10-15-4-3-5-16(11-14)19(15)2/h6-9,12,14-16,18H,3-5,10-11H2,1-2H3. The Bertz CT molecular complexity index is 392. The first-order chi connectivity index (χ1) is 9.24. The molecule has 3 atom stereocenters. The van der Waals surface area contributed by atoms with Gasteiger partial charge in [-0.3, -0.25) is 4.98 Å². The van der Waals surface area contributed by atoms with E-state index in [1.165, 1.54) is 37.7 Å². The van der Waals surface area contributed by atoms with E-state index in [1.54, 1.807) is 0 Å². The largest absolute Gasteiger partial charge is 0.307 e. The Morgan fingerprint density at radius 3 is 2.47 bits per heavy atom. The maximum atomic E-state index is 4.10. The number of pyridine rings is 1. The second kappa shape index (κ2) is 5.59. The topological polar surface area (TPSA) is 28.2 Å². The van der Waals surface area contributed by atoms with Crippen molar-refractivity contribution in [2.24, 2.45) is 0 Å². The molecule has 1 N–H and O–H groups in total.